The molecule has 0 amide bonds. The van der Waals surface area contributed by atoms with Crippen molar-refractivity contribution >= 4 is 11.6 Å². The van der Waals surface area contributed by atoms with Crippen LogP contribution < -0.4 is 4.74 Å². The van der Waals surface area contributed by atoms with E-state index in [1.165, 1.54) is 0 Å². The second kappa shape index (κ2) is 4.94. The Bertz CT molecular complexity index is 408. The highest BCUT2D eigenvalue weighted by molar-refractivity contribution is 6.17. The summed E-state index contributed by atoms with van der Waals surface area (Å²) in [5.41, 5.74) is 1.88. The van der Waals surface area contributed by atoms with Crippen molar-refractivity contribution in [2.45, 2.75) is 5.88 Å². The molecule has 0 unspecified atom stereocenters. The van der Waals surface area contributed by atoms with E-state index in [9.17, 15) is 0 Å². The number of alkyl halides is 1. The lowest BCUT2D eigenvalue weighted by atomic mass is 10.2. The molecule has 1 aromatic carbocycles. The number of methoxy groups -OCH3 is 1. The van der Waals surface area contributed by atoms with E-state index in [2.05, 4.69) is 9.97 Å². The van der Waals surface area contributed by atoms with Crippen molar-refractivity contribution in [3.63, 3.8) is 0 Å². The number of nitrogens with zero attached hydrogens (tertiary/aromatic N) is 2. The minimum absolute atomic E-state index is 0.433. The number of halogens is 1. The molecule has 2 aromatic rings. The average Bonchev–Trinajstić information content (AvgIpc) is 2.39. The van der Waals surface area contributed by atoms with Crippen LogP contribution in [0.2, 0.25) is 0 Å². The summed E-state index contributed by atoms with van der Waals surface area (Å²) in [5, 5.41) is 0. The van der Waals surface area contributed by atoms with Gasteiger partial charge in [-0.3, -0.25) is 0 Å². The van der Waals surface area contributed by atoms with Crippen LogP contribution in [0.1, 0.15) is 5.56 Å². The molecule has 3 nitrogen and oxygen atoms in total. The minimum Gasteiger partial charge on any atom is -0.497 e. The molecule has 0 aliphatic rings. The normalized spacial score (nSPS) is 10.1. The van der Waals surface area contributed by atoms with Gasteiger partial charge in [0.05, 0.1) is 13.0 Å². The molecule has 0 aliphatic carbocycles. The van der Waals surface area contributed by atoms with Gasteiger partial charge in [0.25, 0.3) is 0 Å². The van der Waals surface area contributed by atoms with Crippen molar-refractivity contribution in [3.8, 4) is 17.1 Å². The molecule has 1 aromatic heterocycles. The molecule has 82 valence electrons. The van der Waals surface area contributed by atoms with Gasteiger partial charge >= 0.3 is 0 Å². The van der Waals surface area contributed by atoms with E-state index < -0.39 is 0 Å². The first-order chi connectivity index (χ1) is 7.83. The van der Waals surface area contributed by atoms with Gasteiger partial charge in [0.1, 0.15) is 5.75 Å². The van der Waals surface area contributed by atoms with Crippen molar-refractivity contribution in [2.75, 3.05) is 7.11 Å². The summed E-state index contributed by atoms with van der Waals surface area (Å²) in [6, 6.07) is 7.62. The van der Waals surface area contributed by atoms with Crippen LogP contribution in [0.4, 0.5) is 0 Å². The molecule has 0 saturated carbocycles. The number of benzene rings is 1. The molecule has 0 radical (unpaired) electrons. The van der Waals surface area contributed by atoms with E-state index >= 15 is 0 Å². The first-order valence-corrected chi connectivity index (χ1v) is 5.38. The number of aromatic nitrogens is 2. The first kappa shape index (κ1) is 10.9. The topological polar surface area (TPSA) is 35.0 Å². The van der Waals surface area contributed by atoms with Crippen LogP contribution in [0.25, 0.3) is 11.4 Å². The number of hydrogen-bond acceptors (Lipinski definition) is 3. The van der Waals surface area contributed by atoms with Gasteiger partial charge in [-0.15, -0.1) is 11.6 Å². The second-order valence-corrected chi connectivity index (χ2v) is 3.54. The summed E-state index contributed by atoms with van der Waals surface area (Å²) in [7, 11) is 1.64. The largest absolute Gasteiger partial charge is 0.497 e. The van der Waals surface area contributed by atoms with Gasteiger partial charge < -0.3 is 4.74 Å². The van der Waals surface area contributed by atoms with Crippen LogP contribution >= 0.6 is 11.6 Å². The van der Waals surface area contributed by atoms with Gasteiger partial charge in [0.2, 0.25) is 0 Å². The first-order valence-electron chi connectivity index (χ1n) is 4.85. The van der Waals surface area contributed by atoms with E-state index in [1.807, 2.05) is 24.3 Å². The predicted octanol–water partition coefficient (Wildman–Crippen LogP) is 2.89. The lowest BCUT2D eigenvalue weighted by Gasteiger charge is -2.02. The van der Waals surface area contributed by atoms with Crippen molar-refractivity contribution in [3.05, 3.63) is 42.2 Å². The fraction of sp³-hybridized carbons (Fsp3) is 0.167. The van der Waals surface area contributed by atoms with Gasteiger partial charge in [0, 0.05) is 23.5 Å². The fourth-order valence-electron chi connectivity index (χ4n) is 1.31. The smallest absolute Gasteiger partial charge is 0.159 e. The van der Waals surface area contributed by atoms with Crippen molar-refractivity contribution in [1.29, 1.82) is 0 Å². The Morgan fingerprint density at radius 1 is 1.12 bits per heavy atom. The summed E-state index contributed by atoms with van der Waals surface area (Å²) in [6.45, 7) is 0. The van der Waals surface area contributed by atoms with Gasteiger partial charge in [0.15, 0.2) is 5.82 Å². The molecule has 0 atom stereocenters. The summed E-state index contributed by atoms with van der Waals surface area (Å²) in [5.74, 6) is 1.95. The van der Waals surface area contributed by atoms with E-state index in [4.69, 9.17) is 16.3 Å². The molecule has 16 heavy (non-hydrogen) atoms. The number of rotatable bonds is 3. The molecule has 2 rings (SSSR count). The monoisotopic (exact) mass is 234 g/mol. The highest BCUT2D eigenvalue weighted by atomic mass is 35.5. The van der Waals surface area contributed by atoms with Crippen molar-refractivity contribution in [2.24, 2.45) is 0 Å². The van der Waals surface area contributed by atoms with Crippen LogP contribution in [0, 0.1) is 0 Å². The van der Waals surface area contributed by atoms with E-state index in [1.54, 1.807) is 19.5 Å². The molecule has 0 N–H and O–H groups in total. The molecule has 4 heteroatoms. The lowest BCUT2D eigenvalue weighted by Crippen LogP contribution is -1.90. The Hall–Kier alpha value is -1.61. The maximum absolute atomic E-state index is 5.67. The predicted molar refractivity (Wildman–Crippen MR) is 63.6 cm³/mol. The zero-order valence-electron chi connectivity index (χ0n) is 8.85. The molecular formula is C12H11ClN2O. The van der Waals surface area contributed by atoms with Crippen molar-refractivity contribution in [1.82, 2.24) is 9.97 Å². The molecular weight excluding hydrogens is 224 g/mol. The SMILES string of the molecule is COc1ccc(-c2ncc(CCl)cn2)cc1. The minimum atomic E-state index is 0.433. The standard InChI is InChI=1S/C12H11ClN2O/c1-16-11-4-2-10(3-5-11)12-14-7-9(6-13)8-15-12/h2-5,7-8H,6H2,1H3. The zero-order valence-corrected chi connectivity index (χ0v) is 9.61. The Balaban J connectivity index is 2.28. The highest BCUT2D eigenvalue weighted by Crippen LogP contribution is 2.18. The Labute approximate surface area is 99.1 Å². The van der Waals surface area contributed by atoms with E-state index in [-0.39, 0.29) is 0 Å². The van der Waals surface area contributed by atoms with Crippen LogP contribution in [-0.4, -0.2) is 17.1 Å². The molecule has 0 aliphatic heterocycles. The second-order valence-electron chi connectivity index (χ2n) is 3.28. The third-order valence-corrected chi connectivity index (χ3v) is 2.52. The maximum Gasteiger partial charge on any atom is 0.159 e. The fourth-order valence-corrected chi connectivity index (χ4v) is 1.45. The highest BCUT2D eigenvalue weighted by Gasteiger charge is 2.01. The van der Waals surface area contributed by atoms with Crippen molar-refractivity contribution < 1.29 is 4.74 Å². The number of ether oxygens (including phenoxy) is 1. The van der Waals surface area contributed by atoms with E-state index in [0.717, 1.165) is 16.9 Å². The number of hydrogen-bond donors (Lipinski definition) is 0. The molecule has 0 fully saturated rings. The summed E-state index contributed by atoms with van der Waals surface area (Å²) in [4.78, 5) is 8.48. The maximum atomic E-state index is 5.67. The average molecular weight is 235 g/mol. The molecule has 0 bridgehead atoms. The summed E-state index contributed by atoms with van der Waals surface area (Å²) in [6.07, 6.45) is 3.47. The van der Waals surface area contributed by atoms with E-state index in [0.29, 0.717) is 11.7 Å². The molecule has 1 heterocycles. The molecule has 0 spiro atoms. The quantitative estimate of drug-likeness (QED) is 0.766. The van der Waals surface area contributed by atoms with Crippen LogP contribution in [-0.2, 0) is 5.88 Å². The Kier molecular flexibility index (Phi) is 3.37. The van der Waals surface area contributed by atoms with Gasteiger partial charge in [-0.1, -0.05) is 0 Å². The van der Waals surface area contributed by atoms with Gasteiger partial charge in [-0.2, -0.15) is 0 Å². The third-order valence-electron chi connectivity index (χ3n) is 2.21. The van der Waals surface area contributed by atoms with Crippen LogP contribution in [0.15, 0.2) is 36.7 Å². The Morgan fingerprint density at radius 3 is 2.25 bits per heavy atom. The van der Waals surface area contributed by atoms with Crippen LogP contribution in [0.5, 0.6) is 5.75 Å². The molecule has 0 saturated heterocycles. The van der Waals surface area contributed by atoms with Gasteiger partial charge in [-0.25, -0.2) is 9.97 Å². The lowest BCUT2D eigenvalue weighted by molar-refractivity contribution is 0.415. The van der Waals surface area contributed by atoms with Gasteiger partial charge in [-0.05, 0) is 24.3 Å². The summed E-state index contributed by atoms with van der Waals surface area (Å²) < 4.78 is 5.08. The third kappa shape index (κ3) is 2.31. The summed E-state index contributed by atoms with van der Waals surface area (Å²) >= 11 is 5.67. The van der Waals surface area contributed by atoms with Crippen LogP contribution in [0.3, 0.4) is 0 Å². The Morgan fingerprint density at radius 2 is 1.75 bits per heavy atom. The zero-order chi connectivity index (χ0) is 11.4.